The number of aliphatic hydroxyl groups is 1. The van der Waals surface area contributed by atoms with Gasteiger partial charge in [0.2, 0.25) is 5.91 Å². The number of methoxy groups -OCH3 is 1. The highest BCUT2D eigenvalue weighted by molar-refractivity contribution is 7.22. The molecule has 9 nitrogen and oxygen atoms in total. The van der Waals surface area contributed by atoms with Crippen LogP contribution in [0.25, 0.3) is 21.3 Å². The molecule has 2 N–H and O–H groups in total. The van der Waals surface area contributed by atoms with E-state index in [0.29, 0.717) is 29.9 Å². The van der Waals surface area contributed by atoms with Crippen LogP contribution in [0.3, 0.4) is 0 Å². The van der Waals surface area contributed by atoms with Crippen molar-refractivity contribution < 1.29 is 24.1 Å². The molecule has 2 fully saturated rings. The van der Waals surface area contributed by atoms with Gasteiger partial charge in [0.05, 0.1) is 29.0 Å². The quantitative estimate of drug-likeness (QED) is 0.420. The Morgan fingerprint density at radius 2 is 2.00 bits per heavy atom. The van der Waals surface area contributed by atoms with Gasteiger partial charge in [0.1, 0.15) is 19.0 Å². The zero-order valence-electron chi connectivity index (χ0n) is 19.0. The summed E-state index contributed by atoms with van der Waals surface area (Å²) < 4.78 is 17.9. The maximum Gasteiger partial charge on any atom is 0.229 e. The maximum atomic E-state index is 12.2. The second-order valence-electron chi connectivity index (χ2n) is 8.65. The number of rotatable bonds is 10. The van der Waals surface area contributed by atoms with Crippen molar-refractivity contribution in [2.45, 2.75) is 50.9 Å². The number of ether oxygens (including phenoxy) is 3. The van der Waals surface area contributed by atoms with Gasteiger partial charge in [-0.1, -0.05) is 11.3 Å². The van der Waals surface area contributed by atoms with E-state index in [-0.39, 0.29) is 24.5 Å². The molecule has 180 valence electrons. The molecular weight excluding hydrogens is 456 g/mol. The van der Waals surface area contributed by atoms with Gasteiger partial charge in [-0.2, -0.15) is 0 Å². The number of aromatic nitrogens is 3. The van der Waals surface area contributed by atoms with Crippen LogP contribution in [0.1, 0.15) is 37.9 Å². The topological polar surface area (TPSA) is 116 Å². The van der Waals surface area contributed by atoms with E-state index < -0.39 is 6.10 Å². The van der Waals surface area contributed by atoms with Gasteiger partial charge >= 0.3 is 0 Å². The molecular formula is C24H28N4O5S. The van der Waals surface area contributed by atoms with Crippen molar-refractivity contribution in [2.24, 2.45) is 5.92 Å². The highest BCUT2D eigenvalue weighted by atomic mass is 32.1. The first-order chi connectivity index (χ1) is 16.6. The Morgan fingerprint density at radius 3 is 2.71 bits per heavy atom. The predicted molar refractivity (Wildman–Crippen MR) is 128 cm³/mol. The van der Waals surface area contributed by atoms with E-state index in [1.165, 1.54) is 11.3 Å². The summed E-state index contributed by atoms with van der Waals surface area (Å²) in [5.74, 6) is 1.36. The van der Waals surface area contributed by atoms with Crippen molar-refractivity contribution in [1.82, 2.24) is 15.0 Å². The van der Waals surface area contributed by atoms with Gasteiger partial charge in [0.25, 0.3) is 0 Å². The SMILES string of the molecule is COCCOc1c(-c2cnc(CO[C@H]3CCC[C@@H]3O)nc2)ccc2nc(NC(=O)C3CC3)sc12. The molecule has 2 aliphatic carbocycles. The Kier molecular flexibility index (Phi) is 7.00. The molecule has 2 aromatic heterocycles. The van der Waals surface area contributed by atoms with Crippen LogP contribution in [-0.2, 0) is 20.9 Å². The van der Waals surface area contributed by atoms with Crippen LogP contribution in [0, 0.1) is 5.92 Å². The van der Waals surface area contributed by atoms with Crippen LogP contribution in [0.2, 0.25) is 0 Å². The van der Waals surface area contributed by atoms with Crippen LogP contribution >= 0.6 is 11.3 Å². The minimum absolute atomic E-state index is 0.0254. The Balaban J connectivity index is 1.38. The average molecular weight is 485 g/mol. The normalized spacial score (nSPS) is 20.1. The largest absolute Gasteiger partial charge is 0.489 e. The Labute approximate surface area is 201 Å². The molecule has 0 bridgehead atoms. The summed E-state index contributed by atoms with van der Waals surface area (Å²) in [7, 11) is 1.63. The second kappa shape index (κ2) is 10.3. The van der Waals surface area contributed by atoms with Gasteiger partial charge in [-0.05, 0) is 44.2 Å². The zero-order chi connectivity index (χ0) is 23.5. The summed E-state index contributed by atoms with van der Waals surface area (Å²) in [5, 5.41) is 13.4. The van der Waals surface area contributed by atoms with E-state index in [1.54, 1.807) is 19.5 Å². The van der Waals surface area contributed by atoms with E-state index in [4.69, 9.17) is 14.2 Å². The smallest absolute Gasteiger partial charge is 0.229 e. The molecule has 1 aromatic carbocycles. The van der Waals surface area contributed by atoms with Crippen molar-refractivity contribution in [3.8, 4) is 16.9 Å². The van der Waals surface area contributed by atoms with Crippen molar-refractivity contribution in [3.63, 3.8) is 0 Å². The van der Waals surface area contributed by atoms with Crippen LogP contribution in [0.15, 0.2) is 24.5 Å². The number of benzene rings is 1. The van der Waals surface area contributed by atoms with Gasteiger partial charge in [0, 0.05) is 36.5 Å². The van der Waals surface area contributed by atoms with E-state index in [9.17, 15) is 9.90 Å². The molecule has 0 spiro atoms. The van der Waals surface area contributed by atoms with Crippen molar-refractivity contribution in [3.05, 3.63) is 30.4 Å². The lowest BCUT2D eigenvalue weighted by Crippen LogP contribution is -2.22. The number of fused-ring (bicyclic) bond motifs is 1. The summed E-state index contributed by atoms with van der Waals surface area (Å²) in [5.41, 5.74) is 2.40. The standard InChI is InChI=1S/C24H28N4O5S/c1-31-9-10-32-21-16(7-8-17-22(21)34-24(27-17)28-23(30)14-5-6-14)15-11-25-20(26-12-15)13-33-19-4-2-3-18(19)29/h7-8,11-12,14,18-19,29H,2-6,9-10,13H2,1H3,(H,27,28,30)/t18-,19-/m0/s1. The Hall–Kier alpha value is -2.66. The second-order valence-corrected chi connectivity index (χ2v) is 9.65. The molecule has 0 aliphatic heterocycles. The molecule has 10 heteroatoms. The van der Waals surface area contributed by atoms with E-state index >= 15 is 0 Å². The Bertz CT molecular complexity index is 1150. The average Bonchev–Trinajstić information content (AvgIpc) is 3.50. The number of nitrogens with one attached hydrogen (secondary N) is 1. The fourth-order valence-corrected chi connectivity index (χ4v) is 4.99. The zero-order valence-corrected chi connectivity index (χ0v) is 19.8. The summed E-state index contributed by atoms with van der Waals surface area (Å²) in [6, 6.07) is 3.84. The first kappa shape index (κ1) is 23.1. The Morgan fingerprint density at radius 1 is 1.18 bits per heavy atom. The molecule has 2 heterocycles. The third-order valence-corrected chi connectivity index (χ3v) is 7.07. The minimum Gasteiger partial charge on any atom is -0.489 e. The molecule has 0 radical (unpaired) electrons. The summed E-state index contributed by atoms with van der Waals surface area (Å²) >= 11 is 1.40. The number of carbonyl (C=O) groups excluding carboxylic acids is 1. The number of amides is 1. The van der Waals surface area contributed by atoms with Crippen LogP contribution in [0.5, 0.6) is 5.75 Å². The van der Waals surface area contributed by atoms with Crippen LogP contribution < -0.4 is 10.1 Å². The van der Waals surface area contributed by atoms with Crippen LogP contribution in [-0.4, -0.2) is 58.5 Å². The molecule has 1 amide bonds. The molecule has 5 rings (SSSR count). The van der Waals surface area contributed by atoms with Gasteiger partial charge in [-0.3, -0.25) is 4.79 Å². The van der Waals surface area contributed by atoms with Gasteiger partial charge < -0.3 is 24.6 Å². The number of aliphatic hydroxyl groups excluding tert-OH is 1. The minimum atomic E-state index is -0.406. The highest BCUT2D eigenvalue weighted by Gasteiger charge is 2.30. The predicted octanol–water partition coefficient (Wildman–Crippen LogP) is 3.56. The molecule has 2 saturated carbocycles. The van der Waals surface area contributed by atoms with Gasteiger partial charge in [-0.15, -0.1) is 0 Å². The molecule has 2 atom stereocenters. The van der Waals surface area contributed by atoms with E-state index in [2.05, 4.69) is 20.3 Å². The van der Waals surface area contributed by atoms with Crippen LogP contribution in [0.4, 0.5) is 5.13 Å². The number of hydrogen-bond acceptors (Lipinski definition) is 9. The lowest BCUT2D eigenvalue weighted by atomic mass is 10.1. The number of nitrogens with zero attached hydrogens (tertiary/aromatic N) is 3. The first-order valence-electron chi connectivity index (χ1n) is 11.6. The monoisotopic (exact) mass is 484 g/mol. The molecule has 0 unspecified atom stereocenters. The molecule has 3 aromatic rings. The fourth-order valence-electron chi connectivity index (χ4n) is 4.02. The fraction of sp³-hybridized carbons (Fsp3) is 0.500. The number of anilines is 1. The van der Waals surface area contributed by atoms with Crippen molar-refractivity contribution in [1.29, 1.82) is 0 Å². The van der Waals surface area contributed by atoms with E-state index in [0.717, 1.165) is 53.4 Å². The highest BCUT2D eigenvalue weighted by Crippen LogP contribution is 2.41. The van der Waals surface area contributed by atoms with Gasteiger partial charge in [-0.25, -0.2) is 15.0 Å². The first-order valence-corrected chi connectivity index (χ1v) is 12.4. The molecule has 34 heavy (non-hydrogen) atoms. The third-order valence-electron chi connectivity index (χ3n) is 6.08. The molecule has 2 aliphatic rings. The third kappa shape index (κ3) is 5.20. The van der Waals surface area contributed by atoms with E-state index in [1.807, 2.05) is 12.1 Å². The summed E-state index contributed by atoms with van der Waals surface area (Å²) in [6.45, 7) is 1.08. The van der Waals surface area contributed by atoms with Crippen molar-refractivity contribution >= 4 is 32.6 Å². The number of carbonyl (C=O) groups is 1. The maximum absolute atomic E-state index is 12.2. The van der Waals surface area contributed by atoms with Crippen molar-refractivity contribution in [2.75, 3.05) is 25.6 Å². The summed E-state index contributed by atoms with van der Waals surface area (Å²) in [6.07, 6.45) is 7.44. The van der Waals surface area contributed by atoms with Gasteiger partial charge in [0.15, 0.2) is 11.0 Å². The molecule has 0 saturated heterocycles. The lowest BCUT2D eigenvalue weighted by Gasteiger charge is -2.15. The lowest BCUT2D eigenvalue weighted by molar-refractivity contribution is -0.117. The number of thiazole rings is 1. The summed E-state index contributed by atoms with van der Waals surface area (Å²) in [4.78, 5) is 25.7. The number of hydrogen-bond donors (Lipinski definition) is 2.